The smallest absolute Gasteiger partial charge is 0.260 e. The summed E-state index contributed by atoms with van der Waals surface area (Å²) in [6.07, 6.45) is 2.20. The van der Waals surface area contributed by atoms with Gasteiger partial charge in [-0.2, -0.15) is 0 Å². The van der Waals surface area contributed by atoms with E-state index in [1.54, 1.807) is 24.3 Å². The van der Waals surface area contributed by atoms with E-state index in [0.29, 0.717) is 35.4 Å². The Morgan fingerprint density at radius 1 is 0.833 bits per heavy atom. The van der Waals surface area contributed by atoms with Crippen molar-refractivity contribution in [2.24, 2.45) is 0 Å². The molecule has 2 aromatic heterocycles. The zero-order valence-electron chi connectivity index (χ0n) is 23.7. The molecule has 1 amide bonds. The van der Waals surface area contributed by atoms with Crippen LogP contribution in [-0.4, -0.2) is 57.9 Å². The molecule has 1 fully saturated rings. The second kappa shape index (κ2) is 12.2. The Hall–Kier alpha value is -3.84. The van der Waals surface area contributed by atoms with E-state index in [-0.39, 0.29) is 12.5 Å². The number of halogens is 2. The first-order valence-corrected chi connectivity index (χ1v) is 14.8. The van der Waals surface area contributed by atoms with Gasteiger partial charge in [0.15, 0.2) is 6.61 Å². The molecule has 0 saturated carbocycles. The van der Waals surface area contributed by atoms with Crippen LogP contribution in [0.25, 0.3) is 28.0 Å². The lowest BCUT2D eigenvalue weighted by molar-refractivity contribution is -0.135. The minimum Gasteiger partial charge on any atom is -0.484 e. The minimum absolute atomic E-state index is 0.0107. The number of amides is 1. The fraction of sp³-hybridized carbons (Fsp3) is 0.235. The summed E-state index contributed by atoms with van der Waals surface area (Å²) in [4.78, 5) is 22.2. The topological polar surface area (TPSA) is 50.1 Å². The lowest BCUT2D eigenvalue weighted by atomic mass is 10.00. The molecule has 42 heavy (non-hydrogen) atoms. The van der Waals surface area contributed by atoms with E-state index < -0.39 is 0 Å². The number of pyridine rings is 1. The molecule has 0 unspecified atom stereocenters. The number of aryl methyl sites for hydroxylation is 2. The first-order valence-electron chi connectivity index (χ1n) is 14.1. The summed E-state index contributed by atoms with van der Waals surface area (Å²) in [5.74, 6) is 0.619. The molecule has 1 aliphatic heterocycles. The number of piperazine rings is 1. The number of aromatic nitrogens is 2. The predicted octanol–water partition coefficient (Wildman–Crippen LogP) is 7.32. The lowest BCUT2D eigenvalue weighted by Crippen LogP contribution is -2.49. The Morgan fingerprint density at radius 2 is 1.50 bits per heavy atom. The highest BCUT2D eigenvalue weighted by Crippen LogP contribution is 2.31. The normalized spacial score (nSPS) is 14.0. The first kappa shape index (κ1) is 28.3. The number of carbonyl (C=O) groups excluding carboxylic acids is 1. The number of imidazole rings is 1. The van der Waals surface area contributed by atoms with Gasteiger partial charge < -0.3 is 14.0 Å². The van der Waals surface area contributed by atoms with Gasteiger partial charge in [0.2, 0.25) is 0 Å². The van der Waals surface area contributed by atoms with Gasteiger partial charge in [0.05, 0.1) is 11.4 Å². The van der Waals surface area contributed by atoms with Crippen molar-refractivity contribution in [1.29, 1.82) is 0 Å². The number of hydrogen-bond donors (Lipinski definition) is 0. The first-order chi connectivity index (χ1) is 20.3. The number of ether oxygens (including phenoxy) is 1. The summed E-state index contributed by atoms with van der Waals surface area (Å²) in [5.41, 5.74) is 8.83. The molecule has 0 aliphatic carbocycles. The SMILES string of the molecule is Cc1ccc(C)c(-c2ccc3nc(-c4ccc(Cl)cc4)c(CN4CCN(C(=O)COc5ccc(Cl)cc5)CC4)n3c2)c1. The molecule has 0 bridgehead atoms. The van der Waals surface area contributed by atoms with Gasteiger partial charge in [0.1, 0.15) is 11.4 Å². The van der Waals surface area contributed by atoms with Crippen LogP contribution in [0.4, 0.5) is 0 Å². The fourth-order valence-electron chi connectivity index (χ4n) is 5.42. The van der Waals surface area contributed by atoms with Gasteiger partial charge in [-0.15, -0.1) is 0 Å². The van der Waals surface area contributed by atoms with Gasteiger partial charge in [0, 0.05) is 54.5 Å². The van der Waals surface area contributed by atoms with Crippen molar-refractivity contribution in [3.8, 4) is 28.1 Å². The van der Waals surface area contributed by atoms with Gasteiger partial charge in [-0.3, -0.25) is 9.69 Å². The molecule has 3 aromatic carbocycles. The third-order valence-corrected chi connectivity index (χ3v) is 8.32. The molecule has 0 atom stereocenters. The number of rotatable bonds is 7. The van der Waals surface area contributed by atoms with Crippen LogP contribution in [0.2, 0.25) is 10.0 Å². The van der Waals surface area contributed by atoms with E-state index in [1.165, 1.54) is 16.7 Å². The highest BCUT2D eigenvalue weighted by Gasteiger charge is 2.24. The Labute approximate surface area is 256 Å². The van der Waals surface area contributed by atoms with Crippen LogP contribution in [0.5, 0.6) is 5.75 Å². The van der Waals surface area contributed by atoms with Crippen LogP contribution in [0.15, 0.2) is 85.1 Å². The second-order valence-corrected chi connectivity index (χ2v) is 11.7. The second-order valence-electron chi connectivity index (χ2n) is 10.8. The number of hydrogen-bond acceptors (Lipinski definition) is 4. The minimum atomic E-state index is -0.0144. The van der Waals surface area contributed by atoms with E-state index in [1.807, 2.05) is 29.2 Å². The molecule has 6 nitrogen and oxygen atoms in total. The van der Waals surface area contributed by atoms with Gasteiger partial charge >= 0.3 is 0 Å². The maximum absolute atomic E-state index is 12.9. The third kappa shape index (κ3) is 6.16. The van der Waals surface area contributed by atoms with Crippen LogP contribution >= 0.6 is 23.2 Å². The molecular formula is C34H32Cl2N4O2. The highest BCUT2D eigenvalue weighted by atomic mass is 35.5. The van der Waals surface area contributed by atoms with Crippen molar-refractivity contribution >= 4 is 34.8 Å². The van der Waals surface area contributed by atoms with Crippen LogP contribution in [-0.2, 0) is 11.3 Å². The summed E-state index contributed by atoms with van der Waals surface area (Å²) >= 11 is 12.2. The van der Waals surface area contributed by atoms with E-state index in [0.717, 1.165) is 41.3 Å². The van der Waals surface area contributed by atoms with E-state index in [2.05, 4.69) is 59.7 Å². The molecule has 0 radical (unpaired) electrons. The summed E-state index contributed by atoms with van der Waals surface area (Å²) in [6.45, 7) is 7.79. The summed E-state index contributed by atoms with van der Waals surface area (Å²) in [7, 11) is 0. The van der Waals surface area contributed by atoms with Crippen LogP contribution in [0.1, 0.15) is 16.8 Å². The Bertz CT molecular complexity index is 1720. The van der Waals surface area contributed by atoms with Crippen molar-refractivity contribution in [2.75, 3.05) is 32.8 Å². The van der Waals surface area contributed by atoms with Crippen LogP contribution in [0.3, 0.4) is 0 Å². The van der Waals surface area contributed by atoms with E-state index in [4.69, 9.17) is 32.9 Å². The summed E-state index contributed by atoms with van der Waals surface area (Å²) in [5, 5.41) is 1.33. The van der Waals surface area contributed by atoms with Crippen molar-refractivity contribution in [1.82, 2.24) is 19.2 Å². The monoisotopic (exact) mass is 598 g/mol. The highest BCUT2D eigenvalue weighted by molar-refractivity contribution is 6.30. The fourth-order valence-corrected chi connectivity index (χ4v) is 5.68. The van der Waals surface area contributed by atoms with E-state index >= 15 is 0 Å². The average Bonchev–Trinajstić information content (AvgIpc) is 3.36. The zero-order valence-corrected chi connectivity index (χ0v) is 25.2. The Morgan fingerprint density at radius 3 is 2.21 bits per heavy atom. The maximum atomic E-state index is 12.9. The van der Waals surface area contributed by atoms with Crippen LogP contribution in [0, 0.1) is 13.8 Å². The largest absolute Gasteiger partial charge is 0.484 e. The number of fused-ring (bicyclic) bond motifs is 1. The third-order valence-electron chi connectivity index (χ3n) is 7.81. The van der Waals surface area contributed by atoms with Gasteiger partial charge in [-0.1, -0.05) is 59.1 Å². The quantitative estimate of drug-likeness (QED) is 0.197. The molecule has 5 aromatic rings. The summed E-state index contributed by atoms with van der Waals surface area (Å²) in [6, 6.07) is 25.7. The average molecular weight is 600 g/mol. The Balaban J connectivity index is 1.23. The predicted molar refractivity (Wildman–Crippen MR) is 169 cm³/mol. The molecule has 214 valence electrons. The molecule has 1 aliphatic rings. The molecule has 0 N–H and O–H groups in total. The maximum Gasteiger partial charge on any atom is 0.260 e. The summed E-state index contributed by atoms with van der Waals surface area (Å²) < 4.78 is 7.91. The van der Waals surface area contributed by atoms with Gasteiger partial charge in [0.25, 0.3) is 5.91 Å². The van der Waals surface area contributed by atoms with Gasteiger partial charge in [-0.05, 0) is 79.1 Å². The molecule has 0 spiro atoms. The van der Waals surface area contributed by atoms with Crippen molar-refractivity contribution in [3.05, 3.63) is 112 Å². The number of carbonyl (C=O) groups is 1. The molecule has 3 heterocycles. The molecule has 1 saturated heterocycles. The Kier molecular flexibility index (Phi) is 8.20. The standard InChI is InChI=1S/C34H32Cl2N4O2/c1-23-3-4-24(2)30(19-23)26-7-14-32-37-34(25-5-8-27(35)9-6-25)31(40(32)20-26)21-38-15-17-39(18-16-38)33(41)22-42-29-12-10-28(36)11-13-29/h3-14,19-20H,15-18,21-22H2,1-2H3. The number of benzene rings is 3. The van der Waals surface area contributed by atoms with Crippen molar-refractivity contribution in [3.63, 3.8) is 0 Å². The van der Waals surface area contributed by atoms with Crippen LogP contribution < -0.4 is 4.74 Å². The zero-order chi connectivity index (χ0) is 29.2. The van der Waals surface area contributed by atoms with E-state index in [9.17, 15) is 4.79 Å². The molecule has 8 heteroatoms. The van der Waals surface area contributed by atoms with Crippen molar-refractivity contribution < 1.29 is 9.53 Å². The number of nitrogens with zero attached hydrogens (tertiary/aromatic N) is 4. The molecule has 6 rings (SSSR count). The molecular weight excluding hydrogens is 567 g/mol. The van der Waals surface area contributed by atoms with Crippen molar-refractivity contribution in [2.45, 2.75) is 20.4 Å². The van der Waals surface area contributed by atoms with Gasteiger partial charge in [-0.25, -0.2) is 4.98 Å². The lowest BCUT2D eigenvalue weighted by Gasteiger charge is -2.34.